The highest BCUT2D eigenvalue weighted by molar-refractivity contribution is 7.93. The van der Waals surface area contributed by atoms with Crippen molar-refractivity contribution in [3.05, 3.63) is 42.0 Å². The molecular weight excluding hydrogens is 230 g/mol. The van der Waals surface area contributed by atoms with Gasteiger partial charge in [-0.15, -0.1) is 0 Å². The van der Waals surface area contributed by atoms with Crippen LogP contribution in [0.2, 0.25) is 0 Å². The number of nitrogens with zero attached hydrogens (tertiary/aromatic N) is 1. The molecule has 0 saturated heterocycles. The summed E-state index contributed by atoms with van der Waals surface area (Å²) in [6.07, 6.45) is 6.94. The summed E-state index contributed by atoms with van der Waals surface area (Å²) in [5, 5.41) is 0. The summed E-state index contributed by atoms with van der Waals surface area (Å²) in [5.74, 6) is 0.605. The van der Waals surface area contributed by atoms with Gasteiger partial charge in [-0.1, -0.05) is 29.8 Å². The Morgan fingerprint density at radius 3 is 2.59 bits per heavy atom. The molecule has 92 valence electrons. The average Bonchev–Trinajstić information content (AvgIpc) is 2.41. The number of hydrogen-bond acceptors (Lipinski definition) is 2. The SMILES string of the molecule is CN=[S@](=O)(CC1=CCCCC1)c1ccccc1. The van der Waals surface area contributed by atoms with E-state index in [1.807, 2.05) is 30.3 Å². The van der Waals surface area contributed by atoms with Gasteiger partial charge in [0.05, 0.1) is 15.5 Å². The maximum absolute atomic E-state index is 12.8. The zero-order valence-corrected chi connectivity index (χ0v) is 11.1. The van der Waals surface area contributed by atoms with E-state index in [0.29, 0.717) is 5.75 Å². The normalized spacial score (nSPS) is 19.2. The third-order valence-corrected chi connectivity index (χ3v) is 5.53. The highest BCUT2D eigenvalue weighted by Gasteiger charge is 2.15. The molecule has 0 aromatic heterocycles. The van der Waals surface area contributed by atoms with Crippen molar-refractivity contribution >= 4 is 9.73 Å². The second-order valence-electron chi connectivity index (χ2n) is 4.39. The molecule has 1 aromatic carbocycles. The molecule has 1 aromatic rings. The standard InChI is InChI=1S/C14H19NOS/c1-15-17(16,14-10-6-3-7-11-14)12-13-8-4-2-5-9-13/h3,6-8,10-11H,2,4-5,9,12H2,1H3/t17-/m0/s1. The van der Waals surface area contributed by atoms with Gasteiger partial charge in [0.15, 0.2) is 0 Å². The Kier molecular flexibility index (Phi) is 4.00. The summed E-state index contributed by atoms with van der Waals surface area (Å²) < 4.78 is 17.0. The van der Waals surface area contributed by atoms with E-state index in [4.69, 9.17) is 0 Å². The van der Waals surface area contributed by atoms with E-state index in [1.165, 1.54) is 18.4 Å². The molecule has 0 radical (unpaired) electrons. The van der Waals surface area contributed by atoms with E-state index in [1.54, 1.807) is 7.05 Å². The van der Waals surface area contributed by atoms with Gasteiger partial charge >= 0.3 is 0 Å². The van der Waals surface area contributed by atoms with Crippen LogP contribution in [0.15, 0.2) is 51.2 Å². The van der Waals surface area contributed by atoms with E-state index in [2.05, 4.69) is 10.4 Å². The zero-order chi connectivity index (χ0) is 12.1. The predicted molar refractivity (Wildman–Crippen MR) is 72.6 cm³/mol. The van der Waals surface area contributed by atoms with Gasteiger partial charge in [-0.05, 0) is 37.8 Å². The lowest BCUT2D eigenvalue weighted by Gasteiger charge is -2.15. The Hall–Kier alpha value is -1.09. The lowest BCUT2D eigenvalue weighted by atomic mass is 10.0. The smallest absolute Gasteiger partial charge is 0.0788 e. The molecule has 0 bridgehead atoms. The molecule has 0 N–H and O–H groups in total. The van der Waals surface area contributed by atoms with Gasteiger partial charge in [-0.2, -0.15) is 0 Å². The lowest BCUT2D eigenvalue weighted by molar-refractivity contribution is 0.670. The molecule has 17 heavy (non-hydrogen) atoms. The van der Waals surface area contributed by atoms with Crippen molar-refractivity contribution in [3.8, 4) is 0 Å². The van der Waals surface area contributed by atoms with E-state index >= 15 is 0 Å². The first-order valence-electron chi connectivity index (χ1n) is 6.10. The van der Waals surface area contributed by atoms with Crippen molar-refractivity contribution in [1.82, 2.24) is 0 Å². The highest BCUT2D eigenvalue weighted by atomic mass is 32.2. The highest BCUT2D eigenvalue weighted by Crippen LogP contribution is 2.23. The van der Waals surface area contributed by atoms with Crippen LogP contribution < -0.4 is 0 Å². The van der Waals surface area contributed by atoms with Crippen molar-refractivity contribution in [2.75, 3.05) is 12.8 Å². The molecule has 0 aliphatic heterocycles. The van der Waals surface area contributed by atoms with Crippen molar-refractivity contribution in [1.29, 1.82) is 0 Å². The molecule has 1 aliphatic rings. The van der Waals surface area contributed by atoms with Gasteiger partial charge in [0.1, 0.15) is 0 Å². The summed E-state index contributed by atoms with van der Waals surface area (Å²) in [7, 11) is -0.583. The van der Waals surface area contributed by atoms with Gasteiger partial charge < -0.3 is 0 Å². The number of benzene rings is 1. The van der Waals surface area contributed by atoms with Crippen LogP contribution in [-0.4, -0.2) is 17.0 Å². The number of rotatable bonds is 3. The fourth-order valence-electron chi connectivity index (χ4n) is 2.17. The molecule has 0 fully saturated rings. The Morgan fingerprint density at radius 2 is 2.00 bits per heavy atom. The van der Waals surface area contributed by atoms with Crippen LogP contribution in [0.4, 0.5) is 0 Å². The first-order valence-corrected chi connectivity index (χ1v) is 7.79. The van der Waals surface area contributed by atoms with Crippen molar-refractivity contribution in [2.45, 2.75) is 30.6 Å². The minimum atomic E-state index is -2.25. The van der Waals surface area contributed by atoms with Crippen LogP contribution in [0.25, 0.3) is 0 Å². The van der Waals surface area contributed by atoms with Crippen LogP contribution in [0.3, 0.4) is 0 Å². The summed E-state index contributed by atoms with van der Waals surface area (Å²) in [4.78, 5) is 0.856. The molecule has 3 heteroatoms. The first-order chi connectivity index (χ1) is 8.24. The minimum Gasteiger partial charge on any atom is -0.244 e. The summed E-state index contributed by atoms with van der Waals surface area (Å²) in [6.45, 7) is 0. The van der Waals surface area contributed by atoms with Crippen LogP contribution in [0, 0.1) is 0 Å². The molecule has 0 amide bonds. The summed E-state index contributed by atoms with van der Waals surface area (Å²) >= 11 is 0. The largest absolute Gasteiger partial charge is 0.244 e. The Morgan fingerprint density at radius 1 is 1.24 bits per heavy atom. The topological polar surface area (TPSA) is 29.4 Å². The summed E-state index contributed by atoms with van der Waals surface area (Å²) in [6, 6.07) is 9.63. The third-order valence-electron chi connectivity index (χ3n) is 3.17. The van der Waals surface area contributed by atoms with Crippen molar-refractivity contribution in [2.24, 2.45) is 4.36 Å². The van der Waals surface area contributed by atoms with Crippen LogP contribution in [0.5, 0.6) is 0 Å². The Bertz CT molecular complexity index is 510. The van der Waals surface area contributed by atoms with Gasteiger partial charge in [0.25, 0.3) is 0 Å². The molecule has 2 rings (SSSR count). The molecule has 0 spiro atoms. The fourth-order valence-corrected chi connectivity index (χ4v) is 4.03. The predicted octanol–water partition coefficient (Wildman–Crippen LogP) is 3.64. The molecule has 0 unspecified atom stereocenters. The monoisotopic (exact) mass is 249 g/mol. The van der Waals surface area contributed by atoms with Gasteiger partial charge in [-0.25, -0.2) is 8.57 Å². The lowest BCUT2D eigenvalue weighted by Crippen LogP contribution is -2.10. The molecule has 0 heterocycles. The Labute approximate surface area is 104 Å². The maximum Gasteiger partial charge on any atom is 0.0788 e. The number of allylic oxidation sites excluding steroid dienone is 1. The Balaban J connectivity index is 2.27. The van der Waals surface area contributed by atoms with Crippen molar-refractivity contribution in [3.63, 3.8) is 0 Å². The van der Waals surface area contributed by atoms with Gasteiger partial charge in [0.2, 0.25) is 0 Å². The van der Waals surface area contributed by atoms with E-state index in [9.17, 15) is 4.21 Å². The average molecular weight is 249 g/mol. The minimum absolute atomic E-state index is 0.605. The molecule has 1 aliphatic carbocycles. The number of hydrogen-bond donors (Lipinski definition) is 0. The van der Waals surface area contributed by atoms with E-state index < -0.39 is 9.73 Å². The van der Waals surface area contributed by atoms with Crippen LogP contribution in [-0.2, 0) is 9.73 Å². The molecule has 0 saturated carbocycles. The zero-order valence-electron chi connectivity index (χ0n) is 10.3. The third kappa shape index (κ3) is 2.97. The van der Waals surface area contributed by atoms with Crippen LogP contribution in [0.1, 0.15) is 25.7 Å². The van der Waals surface area contributed by atoms with E-state index in [0.717, 1.165) is 17.7 Å². The second-order valence-corrected chi connectivity index (χ2v) is 6.79. The summed E-state index contributed by atoms with van der Waals surface area (Å²) in [5.41, 5.74) is 1.32. The second kappa shape index (κ2) is 5.50. The fraction of sp³-hybridized carbons (Fsp3) is 0.429. The maximum atomic E-state index is 12.8. The van der Waals surface area contributed by atoms with Crippen molar-refractivity contribution < 1.29 is 4.21 Å². The first kappa shape index (κ1) is 12.4. The quantitative estimate of drug-likeness (QED) is 0.752. The van der Waals surface area contributed by atoms with E-state index in [-0.39, 0.29) is 0 Å². The molecule has 2 nitrogen and oxygen atoms in total. The van der Waals surface area contributed by atoms with Crippen LogP contribution >= 0.6 is 0 Å². The van der Waals surface area contributed by atoms with Gasteiger partial charge in [-0.3, -0.25) is 0 Å². The van der Waals surface area contributed by atoms with Gasteiger partial charge in [0, 0.05) is 11.9 Å². The molecule has 1 atom stereocenters. The molecular formula is C14H19NOS.